The van der Waals surface area contributed by atoms with Gasteiger partial charge in [-0.2, -0.15) is 0 Å². The minimum atomic E-state index is -0.509. The Morgan fingerprint density at radius 1 is 1.18 bits per heavy atom. The lowest BCUT2D eigenvalue weighted by Crippen LogP contribution is -2.24. The molecule has 5 N–H and O–H groups in total. The number of aromatic amines is 1. The molecule has 0 radical (unpaired) electrons. The number of nitrogens with zero attached hydrogens (tertiary/aromatic N) is 1. The quantitative estimate of drug-likeness (QED) is 0.391. The first-order valence-electron chi connectivity index (χ1n) is 8.86. The number of anilines is 1. The van der Waals surface area contributed by atoms with Gasteiger partial charge in [0.15, 0.2) is 0 Å². The van der Waals surface area contributed by atoms with Crippen molar-refractivity contribution in [2.45, 2.75) is 13.8 Å². The first kappa shape index (κ1) is 19.8. The van der Waals surface area contributed by atoms with Crippen LogP contribution < -0.4 is 16.4 Å². The molecule has 0 unspecified atom stereocenters. The zero-order chi connectivity index (χ0) is 20.4. The van der Waals surface area contributed by atoms with E-state index in [0.29, 0.717) is 17.0 Å². The lowest BCUT2D eigenvalue weighted by Gasteiger charge is -2.07. The van der Waals surface area contributed by atoms with Gasteiger partial charge in [-0.1, -0.05) is 32.2 Å². The summed E-state index contributed by atoms with van der Waals surface area (Å²) in [6, 6.07) is 12.4. The van der Waals surface area contributed by atoms with E-state index < -0.39 is 5.91 Å². The number of carbonyl (C=O) groups excluding carboxylic acids is 1. The van der Waals surface area contributed by atoms with Crippen LogP contribution in [0.1, 0.15) is 13.8 Å². The molecule has 0 fully saturated rings. The van der Waals surface area contributed by atoms with Crippen LogP contribution in [0.5, 0.6) is 0 Å². The summed E-state index contributed by atoms with van der Waals surface area (Å²) in [7, 11) is -0.115. The molecule has 1 amide bonds. The molecule has 2 heterocycles. The summed E-state index contributed by atoms with van der Waals surface area (Å²) in [5, 5.41) is 12.9. The molecule has 28 heavy (non-hydrogen) atoms. The zero-order valence-corrected chi connectivity index (χ0v) is 17.3. The normalized spacial score (nSPS) is 12.2. The molecular weight excluding hydrogens is 369 g/mol. The van der Waals surface area contributed by atoms with Gasteiger partial charge in [-0.25, -0.2) is 4.98 Å². The van der Waals surface area contributed by atoms with E-state index in [0.717, 1.165) is 22.3 Å². The molecule has 0 saturated carbocycles. The molecule has 3 rings (SSSR count). The number of hydrogen-bond donors (Lipinski definition) is 4. The van der Waals surface area contributed by atoms with Crippen LogP contribution in [0.15, 0.2) is 53.9 Å². The first-order chi connectivity index (χ1) is 13.3. The van der Waals surface area contributed by atoms with Gasteiger partial charge in [0.05, 0.1) is 11.9 Å². The number of benzene rings is 1. The number of nitrogens with two attached hydrogens (primary N) is 1. The Bertz CT molecular complexity index is 1080. The van der Waals surface area contributed by atoms with E-state index >= 15 is 0 Å². The number of fused-ring (bicyclic) bond motifs is 1. The van der Waals surface area contributed by atoms with E-state index in [9.17, 15) is 4.79 Å². The second-order valence-electron chi connectivity index (χ2n) is 6.92. The molecule has 0 aliphatic heterocycles. The molecule has 7 heteroatoms. The van der Waals surface area contributed by atoms with Crippen LogP contribution in [0.2, 0.25) is 0 Å². The van der Waals surface area contributed by atoms with Crippen LogP contribution in [0.3, 0.4) is 0 Å². The summed E-state index contributed by atoms with van der Waals surface area (Å²) in [5.41, 5.74) is 9.77. The van der Waals surface area contributed by atoms with Crippen molar-refractivity contribution in [3.05, 3.63) is 53.9 Å². The SMILES string of the molecule is C/C(N)=C(\C)C(=N)C(=O)Nc1cnc2[nH]c(-c3ccc(P(C)C)cc3)cc2c1. The van der Waals surface area contributed by atoms with Gasteiger partial charge in [0.25, 0.3) is 5.91 Å². The molecule has 144 valence electrons. The van der Waals surface area contributed by atoms with Crippen LogP contribution >= 0.6 is 7.92 Å². The Hall–Kier alpha value is -2.98. The molecule has 6 nitrogen and oxygen atoms in total. The van der Waals surface area contributed by atoms with Gasteiger partial charge in [-0.05, 0) is 55.8 Å². The highest BCUT2D eigenvalue weighted by Gasteiger charge is 2.14. The van der Waals surface area contributed by atoms with E-state index in [2.05, 4.69) is 52.9 Å². The van der Waals surface area contributed by atoms with Gasteiger partial charge < -0.3 is 16.0 Å². The van der Waals surface area contributed by atoms with Crippen molar-refractivity contribution < 1.29 is 4.79 Å². The summed E-state index contributed by atoms with van der Waals surface area (Å²) in [5.74, 6) is -0.509. The van der Waals surface area contributed by atoms with Crippen molar-refractivity contribution in [3.8, 4) is 11.3 Å². The fourth-order valence-corrected chi connectivity index (χ4v) is 3.48. The summed E-state index contributed by atoms with van der Waals surface area (Å²) in [4.78, 5) is 20.0. The predicted octanol–water partition coefficient (Wildman–Crippen LogP) is 3.81. The van der Waals surface area contributed by atoms with Gasteiger partial charge in [0, 0.05) is 16.8 Å². The van der Waals surface area contributed by atoms with E-state index in [4.69, 9.17) is 11.1 Å². The van der Waals surface area contributed by atoms with Crippen LogP contribution in [-0.4, -0.2) is 34.9 Å². The fraction of sp³-hybridized carbons (Fsp3) is 0.190. The van der Waals surface area contributed by atoms with Crippen molar-refractivity contribution in [1.82, 2.24) is 9.97 Å². The summed E-state index contributed by atoms with van der Waals surface area (Å²) in [6.45, 7) is 7.79. The second kappa shape index (κ2) is 7.95. The van der Waals surface area contributed by atoms with Crippen molar-refractivity contribution in [2.75, 3.05) is 18.6 Å². The minimum absolute atomic E-state index is 0.115. The third-order valence-corrected chi connectivity index (χ3v) is 5.95. The van der Waals surface area contributed by atoms with E-state index in [1.807, 2.05) is 12.1 Å². The van der Waals surface area contributed by atoms with Gasteiger partial charge in [0.1, 0.15) is 11.4 Å². The van der Waals surface area contributed by atoms with Crippen LogP contribution in [0.4, 0.5) is 5.69 Å². The maximum atomic E-state index is 12.2. The van der Waals surface area contributed by atoms with E-state index in [-0.39, 0.29) is 13.6 Å². The van der Waals surface area contributed by atoms with Gasteiger partial charge >= 0.3 is 0 Å². The molecule has 0 saturated heterocycles. The number of allylic oxidation sites excluding steroid dienone is 1. The summed E-state index contributed by atoms with van der Waals surface area (Å²) < 4.78 is 0. The van der Waals surface area contributed by atoms with E-state index in [1.54, 1.807) is 20.0 Å². The highest BCUT2D eigenvalue weighted by Crippen LogP contribution is 2.27. The van der Waals surface area contributed by atoms with Gasteiger partial charge in [-0.3, -0.25) is 10.2 Å². The number of nitrogens with one attached hydrogen (secondary N) is 3. The molecule has 0 aliphatic carbocycles. The average Bonchev–Trinajstić information content (AvgIpc) is 3.10. The molecule has 0 atom stereocenters. The maximum absolute atomic E-state index is 12.2. The Kier molecular flexibility index (Phi) is 5.61. The monoisotopic (exact) mass is 393 g/mol. The standard InChI is InChI=1S/C21H24N5OP/c1-12(13(2)22)19(23)21(27)25-16-9-15-10-18(26-20(15)24-11-16)14-5-7-17(8-6-14)28(3)4/h5-11,23H,22H2,1-4H3,(H,24,26)(H,25,27)/b13-12-,23-19?. The fourth-order valence-electron chi connectivity index (χ4n) is 2.74. The van der Waals surface area contributed by atoms with Crippen LogP contribution in [-0.2, 0) is 4.79 Å². The van der Waals surface area contributed by atoms with Crippen molar-refractivity contribution >= 4 is 41.6 Å². The van der Waals surface area contributed by atoms with Crippen LogP contribution in [0, 0.1) is 5.41 Å². The highest BCUT2D eigenvalue weighted by molar-refractivity contribution is 7.64. The smallest absolute Gasteiger partial charge is 0.273 e. The number of H-pyrrole nitrogens is 1. The molecule has 0 spiro atoms. The largest absolute Gasteiger partial charge is 0.402 e. The highest BCUT2D eigenvalue weighted by atomic mass is 31.1. The summed E-state index contributed by atoms with van der Waals surface area (Å²) in [6.07, 6.45) is 1.58. The lowest BCUT2D eigenvalue weighted by molar-refractivity contribution is -0.110. The Morgan fingerprint density at radius 2 is 1.86 bits per heavy atom. The first-order valence-corrected chi connectivity index (χ1v) is 11.1. The van der Waals surface area contributed by atoms with Gasteiger partial charge in [-0.15, -0.1) is 0 Å². The van der Waals surface area contributed by atoms with Crippen molar-refractivity contribution in [1.29, 1.82) is 5.41 Å². The Labute approximate surface area is 165 Å². The molecule has 1 aromatic carbocycles. The van der Waals surface area contributed by atoms with Crippen molar-refractivity contribution in [2.24, 2.45) is 5.73 Å². The maximum Gasteiger partial charge on any atom is 0.273 e. The van der Waals surface area contributed by atoms with Crippen LogP contribution in [0.25, 0.3) is 22.3 Å². The molecule has 2 aromatic heterocycles. The molecule has 0 bridgehead atoms. The van der Waals surface area contributed by atoms with Crippen molar-refractivity contribution in [3.63, 3.8) is 0 Å². The minimum Gasteiger partial charge on any atom is -0.402 e. The van der Waals surface area contributed by atoms with Gasteiger partial charge in [0.2, 0.25) is 0 Å². The lowest BCUT2D eigenvalue weighted by atomic mass is 10.1. The molecule has 3 aromatic rings. The second-order valence-corrected chi connectivity index (χ2v) is 9.23. The molecule has 0 aliphatic rings. The predicted molar refractivity (Wildman–Crippen MR) is 119 cm³/mol. The third-order valence-electron chi connectivity index (χ3n) is 4.62. The average molecular weight is 393 g/mol. The number of aromatic nitrogens is 2. The Morgan fingerprint density at radius 3 is 2.46 bits per heavy atom. The number of amides is 1. The molecular formula is C21H24N5OP. The summed E-state index contributed by atoms with van der Waals surface area (Å²) >= 11 is 0. The topological polar surface area (TPSA) is 108 Å². The Balaban J connectivity index is 1.84. The number of carbonyl (C=O) groups is 1. The number of hydrogen-bond acceptors (Lipinski definition) is 4. The number of pyridine rings is 1. The zero-order valence-electron chi connectivity index (χ0n) is 16.4. The number of rotatable bonds is 5. The van der Waals surface area contributed by atoms with E-state index in [1.165, 1.54) is 5.30 Å². The third kappa shape index (κ3) is 4.12.